The molecule has 4 aliphatic rings. The van der Waals surface area contributed by atoms with Crippen LogP contribution in [0.4, 0.5) is 23.4 Å². The number of carbonyl (C=O) groups is 1. The van der Waals surface area contributed by atoms with E-state index in [2.05, 4.69) is 15.0 Å². The van der Waals surface area contributed by atoms with E-state index >= 15 is 13.2 Å². The number of aromatic nitrogens is 4. The number of phenols is 1. The van der Waals surface area contributed by atoms with Crippen LogP contribution < -0.4 is 9.64 Å². The van der Waals surface area contributed by atoms with Gasteiger partial charge in [0.2, 0.25) is 0 Å². The maximum absolute atomic E-state index is 17.2. The van der Waals surface area contributed by atoms with Crippen LogP contribution in [0.2, 0.25) is 0 Å². The Balaban J connectivity index is 1.18. The molecule has 3 fully saturated rings. The average Bonchev–Trinajstić information content (AvgIpc) is 3.94. The van der Waals surface area contributed by atoms with Crippen molar-refractivity contribution in [1.82, 2.24) is 29.5 Å². The fourth-order valence-electron chi connectivity index (χ4n) is 9.23. The molecule has 2 aromatic heterocycles. The lowest BCUT2D eigenvalue weighted by Gasteiger charge is -2.31. The van der Waals surface area contributed by atoms with E-state index in [4.69, 9.17) is 9.72 Å². The average molecular weight is 744 g/mol. The van der Waals surface area contributed by atoms with E-state index in [1.807, 2.05) is 9.58 Å². The summed E-state index contributed by atoms with van der Waals surface area (Å²) in [5.74, 6) is -2.58. The first kappa shape index (κ1) is 34.8. The first-order valence-electron chi connectivity index (χ1n) is 18.9. The van der Waals surface area contributed by atoms with Gasteiger partial charge in [-0.25, -0.2) is 17.6 Å². The third-order valence-corrected chi connectivity index (χ3v) is 11.8. The predicted octanol–water partition coefficient (Wildman–Crippen LogP) is 6.93. The van der Waals surface area contributed by atoms with Crippen LogP contribution in [-0.2, 0) is 19.5 Å². The van der Waals surface area contributed by atoms with Crippen molar-refractivity contribution < 1.29 is 32.2 Å². The lowest BCUT2D eigenvalue weighted by atomic mass is 9.91. The summed E-state index contributed by atoms with van der Waals surface area (Å²) in [5.41, 5.74) is 0.166. The van der Waals surface area contributed by atoms with Crippen molar-refractivity contribution >= 4 is 33.4 Å². The van der Waals surface area contributed by atoms with Crippen LogP contribution >= 0.6 is 0 Å². The molecule has 9 rings (SSSR count). The van der Waals surface area contributed by atoms with E-state index in [0.29, 0.717) is 62.0 Å². The van der Waals surface area contributed by atoms with Crippen molar-refractivity contribution in [3.8, 4) is 22.9 Å². The highest BCUT2D eigenvalue weighted by atomic mass is 19.1. The van der Waals surface area contributed by atoms with Gasteiger partial charge >= 0.3 is 6.01 Å². The van der Waals surface area contributed by atoms with Crippen LogP contribution in [0.5, 0.6) is 11.8 Å². The van der Waals surface area contributed by atoms with Gasteiger partial charge in [0.15, 0.2) is 11.5 Å². The molecule has 0 aliphatic carbocycles. The summed E-state index contributed by atoms with van der Waals surface area (Å²) in [6, 6.07) is 8.25. The second-order valence-electron chi connectivity index (χ2n) is 15.1. The van der Waals surface area contributed by atoms with Crippen LogP contribution in [0, 0.1) is 17.5 Å². The number of benzene rings is 3. The number of alkyl halides is 1. The first-order chi connectivity index (χ1) is 26.1. The van der Waals surface area contributed by atoms with Gasteiger partial charge in [-0.3, -0.25) is 14.4 Å². The molecule has 0 spiro atoms. The van der Waals surface area contributed by atoms with Gasteiger partial charge in [0.25, 0.3) is 5.91 Å². The molecule has 4 aliphatic heterocycles. The molecule has 2 atom stereocenters. The second-order valence-corrected chi connectivity index (χ2v) is 15.1. The summed E-state index contributed by atoms with van der Waals surface area (Å²) >= 11 is 0. The van der Waals surface area contributed by atoms with Gasteiger partial charge in [-0.15, -0.1) is 0 Å². The van der Waals surface area contributed by atoms with Crippen LogP contribution in [0.1, 0.15) is 67.2 Å². The summed E-state index contributed by atoms with van der Waals surface area (Å²) in [5, 5.41) is 16.1. The minimum absolute atomic E-state index is 0.00446. The van der Waals surface area contributed by atoms with E-state index < -0.39 is 34.7 Å². The Morgan fingerprint density at radius 3 is 2.63 bits per heavy atom. The number of phenolic OH excluding ortho intramolecular Hbond substituents is 1. The van der Waals surface area contributed by atoms with Crippen molar-refractivity contribution in [2.75, 3.05) is 44.2 Å². The van der Waals surface area contributed by atoms with Crippen LogP contribution in [0.15, 0.2) is 36.4 Å². The number of hydrogen-bond donors (Lipinski definition) is 1. The molecule has 10 nitrogen and oxygen atoms in total. The molecule has 14 heteroatoms. The molecule has 0 saturated carbocycles. The zero-order valence-corrected chi connectivity index (χ0v) is 30.1. The van der Waals surface area contributed by atoms with Gasteiger partial charge in [-0.05, 0) is 97.3 Å². The van der Waals surface area contributed by atoms with Crippen molar-refractivity contribution in [2.24, 2.45) is 0 Å². The zero-order chi connectivity index (χ0) is 37.3. The fourth-order valence-corrected chi connectivity index (χ4v) is 9.23. The molecule has 0 radical (unpaired) electrons. The van der Waals surface area contributed by atoms with Crippen LogP contribution in [-0.4, -0.2) is 91.6 Å². The summed E-state index contributed by atoms with van der Waals surface area (Å²) in [6.07, 6.45) is 3.74. The highest BCUT2D eigenvalue weighted by molar-refractivity contribution is 6.03. The summed E-state index contributed by atoms with van der Waals surface area (Å²) in [4.78, 5) is 28.3. The van der Waals surface area contributed by atoms with E-state index in [-0.39, 0.29) is 65.1 Å². The second kappa shape index (κ2) is 13.4. The number of rotatable bonds is 7. The van der Waals surface area contributed by atoms with E-state index in [1.165, 1.54) is 30.3 Å². The number of amides is 1. The maximum atomic E-state index is 17.2. The molecule has 282 valence electrons. The monoisotopic (exact) mass is 743 g/mol. The van der Waals surface area contributed by atoms with Crippen LogP contribution in [0.3, 0.4) is 0 Å². The maximum Gasteiger partial charge on any atom is 0.319 e. The molecule has 54 heavy (non-hydrogen) atoms. The number of hydrogen-bond acceptors (Lipinski definition) is 8. The molecular weight excluding hydrogens is 702 g/mol. The molecule has 0 bridgehead atoms. The molecule has 5 aromatic rings. The van der Waals surface area contributed by atoms with E-state index in [9.17, 15) is 14.3 Å². The van der Waals surface area contributed by atoms with Gasteiger partial charge in [0.1, 0.15) is 41.5 Å². The standard InChI is InChI=1S/C40H41F4N7O3/c1-2-27-30(42)8-7-23-15-26(52)17-28(33(23)27)34-31(43)18-29-36(35(34)44)45-39(54-22-40-9-5-13-50(40)20-24(41)19-40)46-37(29)49-12-6-14-51-25(21-49)16-32(47-51)38(53)48-10-3-4-11-48/h7-8,15-18,24,52H,2-6,9-14,19-22H2,1H3/t24-,40+/m1/s1. The molecular formula is C40H41F4N7O3. The van der Waals surface area contributed by atoms with Gasteiger partial charge in [-0.2, -0.15) is 15.1 Å². The number of halogens is 4. The number of anilines is 1. The zero-order valence-electron chi connectivity index (χ0n) is 30.1. The number of ether oxygens (including phenoxy) is 1. The molecule has 6 heterocycles. The van der Waals surface area contributed by atoms with Crippen molar-refractivity contribution in [3.05, 3.63) is 70.8 Å². The Labute approximate surface area is 309 Å². The molecule has 1 amide bonds. The van der Waals surface area contributed by atoms with Gasteiger partial charge < -0.3 is 19.6 Å². The summed E-state index contributed by atoms with van der Waals surface area (Å²) in [7, 11) is 0. The minimum atomic E-state index is -1.01. The largest absolute Gasteiger partial charge is 0.508 e. The highest BCUT2D eigenvalue weighted by Gasteiger charge is 2.49. The number of aryl methyl sites for hydroxylation is 2. The smallest absolute Gasteiger partial charge is 0.319 e. The topological polar surface area (TPSA) is 99.9 Å². The van der Waals surface area contributed by atoms with Crippen molar-refractivity contribution in [2.45, 2.75) is 76.7 Å². The Hall–Kier alpha value is -4.98. The third kappa shape index (κ3) is 5.80. The predicted molar refractivity (Wildman–Crippen MR) is 195 cm³/mol. The van der Waals surface area contributed by atoms with Gasteiger partial charge in [0, 0.05) is 44.5 Å². The molecule has 3 aromatic carbocycles. The van der Waals surface area contributed by atoms with Gasteiger partial charge in [-0.1, -0.05) is 13.0 Å². The Morgan fingerprint density at radius 2 is 1.81 bits per heavy atom. The van der Waals surface area contributed by atoms with Crippen molar-refractivity contribution in [1.29, 1.82) is 0 Å². The van der Waals surface area contributed by atoms with E-state index in [0.717, 1.165) is 37.9 Å². The van der Waals surface area contributed by atoms with Crippen LogP contribution in [0.25, 0.3) is 32.8 Å². The number of fused-ring (bicyclic) bond motifs is 4. The number of nitrogens with zero attached hydrogens (tertiary/aromatic N) is 7. The lowest BCUT2D eigenvalue weighted by Crippen LogP contribution is -2.43. The summed E-state index contributed by atoms with van der Waals surface area (Å²) < 4.78 is 71.7. The Bertz CT molecular complexity index is 2310. The molecule has 0 unspecified atom stereocenters. The highest BCUT2D eigenvalue weighted by Crippen LogP contribution is 2.43. The normalized spacial score (nSPS) is 21.6. The molecule has 3 saturated heterocycles. The number of carbonyl (C=O) groups excluding carboxylic acids is 1. The quantitative estimate of drug-likeness (QED) is 0.179. The first-order valence-corrected chi connectivity index (χ1v) is 18.9. The fraction of sp³-hybridized carbons (Fsp3) is 0.450. The summed E-state index contributed by atoms with van der Waals surface area (Å²) in [6.45, 7) is 5.55. The Kier molecular flexibility index (Phi) is 8.63. The van der Waals surface area contributed by atoms with Crippen molar-refractivity contribution in [3.63, 3.8) is 0 Å². The SMILES string of the molecule is CCc1c(F)ccc2cc(O)cc(-c3c(F)cc4c(N5CCCn6nc(C(=O)N7CCCC7)cc6C5)nc(OC[C@@]56CCCN5C[C@H](F)C6)nc4c3F)c12. The lowest BCUT2D eigenvalue weighted by molar-refractivity contribution is 0.0786. The number of likely N-dealkylation sites (tertiary alicyclic amines) is 1. The van der Waals surface area contributed by atoms with E-state index in [1.54, 1.807) is 17.9 Å². The third-order valence-electron chi connectivity index (χ3n) is 11.8. The van der Waals surface area contributed by atoms with Gasteiger partial charge in [0.05, 0.1) is 23.3 Å². The minimum Gasteiger partial charge on any atom is -0.508 e. The molecule has 1 N–H and O–H groups in total. The Morgan fingerprint density at radius 1 is 0.981 bits per heavy atom. The number of aromatic hydroxyl groups is 1.